The van der Waals surface area contributed by atoms with Crippen molar-refractivity contribution >= 4 is 34.7 Å². The molecule has 0 radical (unpaired) electrons. The summed E-state index contributed by atoms with van der Waals surface area (Å²) in [7, 11) is 3.80. The van der Waals surface area contributed by atoms with Crippen LogP contribution in [0.3, 0.4) is 0 Å². The van der Waals surface area contributed by atoms with Crippen LogP contribution in [0.1, 0.15) is 34.1 Å². The highest BCUT2D eigenvalue weighted by Crippen LogP contribution is 2.25. The first kappa shape index (κ1) is 26.4. The van der Waals surface area contributed by atoms with Crippen molar-refractivity contribution in [2.75, 3.05) is 43.1 Å². The molecule has 0 aliphatic heterocycles. The molecule has 1 aliphatic carbocycles. The number of nitrogens with one attached hydrogen (secondary N) is 2. The SMILES string of the molecule is CC.CCCSNc1ccc(F)c(NC2=C(C#N)/C(=N/CN(C)C)C(=NCC)C=C2)c1. The van der Waals surface area contributed by atoms with Gasteiger partial charge < -0.3 is 10.0 Å². The molecule has 0 amide bonds. The number of hydrogen-bond acceptors (Lipinski definition) is 7. The van der Waals surface area contributed by atoms with Crippen LogP contribution in [0.4, 0.5) is 15.8 Å². The molecule has 31 heavy (non-hydrogen) atoms. The van der Waals surface area contributed by atoms with Crippen molar-refractivity contribution in [2.24, 2.45) is 9.98 Å². The highest BCUT2D eigenvalue weighted by atomic mass is 32.2. The zero-order valence-corrected chi connectivity index (χ0v) is 20.1. The van der Waals surface area contributed by atoms with E-state index in [-0.39, 0.29) is 0 Å². The fourth-order valence-corrected chi connectivity index (χ4v) is 3.13. The largest absolute Gasteiger partial charge is 0.352 e. The third kappa shape index (κ3) is 8.19. The molecule has 0 aromatic heterocycles. The van der Waals surface area contributed by atoms with Crippen molar-refractivity contribution < 1.29 is 4.39 Å². The maximum atomic E-state index is 14.4. The van der Waals surface area contributed by atoms with Gasteiger partial charge in [0.15, 0.2) is 0 Å². The Bertz CT molecular complexity index is 881. The lowest BCUT2D eigenvalue weighted by Gasteiger charge is -2.18. The zero-order valence-electron chi connectivity index (χ0n) is 19.3. The number of nitrogens with zero attached hydrogens (tertiary/aromatic N) is 4. The lowest BCUT2D eigenvalue weighted by molar-refractivity contribution is 0.425. The molecule has 0 atom stereocenters. The predicted molar refractivity (Wildman–Crippen MR) is 133 cm³/mol. The van der Waals surface area contributed by atoms with Gasteiger partial charge in [-0.25, -0.2) is 4.39 Å². The molecule has 1 aliphatic rings. The second kappa shape index (κ2) is 14.4. The zero-order chi connectivity index (χ0) is 23.2. The minimum absolute atomic E-state index is 0.294. The Balaban J connectivity index is 0.00000233. The monoisotopic (exact) mass is 444 g/mol. The lowest BCUT2D eigenvalue weighted by atomic mass is 9.98. The highest BCUT2D eigenvalue weighted by Gasteiger charge is 2.21. The molecule has 168 valence electrons. The molecule has 0 saturated carbocycles. The van der Waals surface area contributed by atoms with Crippen LogP contribution in [0.15, 0.2) is 51.6 Å². The fraction of sp³-hybridized carbons (Fsp3) is 0.435. The van der Waals surface area contributed by atoms with Gasteiger partial charge in [-0.2, -0.15) is 5.26 Å². The van der Waals surface area contributed by atoms with Crippen LogP contribution in [0.25, 0.3) is 0 Å². The first-order chi connectivity index (χ1) is 15.0. The van der Waals surface area contributed by atoms with Gasteiger partial charge in [0.05, 0.1) is 23.8 Å². The molecule has 1 aromatic rings. The van der Waals surface area contributed by atoms with E-state index in [1.165, 1.54) is 6.07 Å². The standard InChI is InChI=1S/C21H27FN6S.C2H6/c1-5-11-29-27-15-7-8-17(22)20(12-15)26-18-9-10-19(24-6-2)21(16(18)13-23)25-14-28(3)4;1-2/h7-10,12,26-27H,5-6,11,14H2,1-4H3;1-2H3/b24-19?,25-21-;. The molecule has 0 unspecified atom stereocenters. The van der Waals surface area contributed by atoms with Crippen LogP contribution in [0, 0.1) is 17.1 Å². The quantitative estimate of drug-likeness (QED) is 0.299. The highest BCUT2D eigenvalue weighted by molar-refractivity contribution is 8.00. The number of rotatable bonds is 9. The van der Waals surface area contributed by atoms with Crippen molar-refractivity contribution in [3.8, 4) is 6.07 Å². The molecular formula is C23H33FN6S. The molecule has 0 fully saturated rings. The van der Waals surface area contributed by atoms with E-state index in [9.17, 15) is 9.65 Å². The van der Waals surface area contributed by atoms with Crippen LogP contribution in [-0.4, -0.2) is 49.4 Å². The summed E-state index contributed by atoms with van der Waals surface area (Å²) in [6, 6.07) is 6.99. The molecular weight excluding hydrogens is 411 g/mol. The maximum absolute atomic E-state index is 14.4. The molecule has 0 heterocycles. The summed E-state index contributed by atoms with van der Waals surface area (Å²) in [5, 5.41) is 12.8. The number of nitriles is 1. The minimum Gasteiger partial charge on any atom is -0.352 e. The number of halogens is 1. The Labute approximate surface area is 190 Å². The number of benzene rings is 1. The normalized spacial score (nSPS) is 15.7. The topological polar surface area (TPSA) is 75.8 Å². The van der Waals surface area contributed by atoms with E-state index in [1.54, 1.807) is 36.2 Å². The molecule has 1 aromatic carbocycles. The smallest absolute Gasteiger partial charge is 0.146 e. The van der Waals surface area contributed by atoms with Crippen molar-refractivity contribution in [2.45, 2.75) is 34.1 Å². The van der Waals surface area contributed by atoms with Gasteiger partial charge in [-0.05, 0) is 57.8 Å². The Hall–Kier alpha value is -2.63. The molecule has 0 spiro atoms. The summed E-state index contributed by atoms with van der Waals surface area (Å²) < 4.78 is 17.6. The van der Waals surface area contributed by atoms with Crippen LogP contribution in [-0.2, 0) is 0 Å². The Morgan fingerprint density at radius 2 is 1.90 bits per heavy atom. The summed E-state index contributed by atoms with van der Waals surface area (Å²) in [5.74, 6) is 0.562. The summed E-state index contributed by atoms with van der Waals surface area (Å²) in [5.41, 5.74) is 3.10. The van der Waals surface area contributed by atoms with E-state index in [0.717, 1.165) is 17.9 Å². The van der Waals surface area contributed by atoms with E-state index < -0.39 is 5.82 Å². The Morgan fingerprint density at radius 1 is 1.16 bits per heavy atom. The van der Waals surface area contributed by atoms with Gasteiger partial charge in [0.2, 0.25) is 0 Å². The van der Waals surface area contributed by atoms with Gasteiger partial charge in [-0.15, -0.1) is 0 Å². The van der Waals surface area contributed by atoms with Crippen LogP contribution < -0.4 is 10.0 Å². The third-order valence-corrected chi connectivity index (χ3v) is 4.83. The number of aliphatic imine (C=N–C) groups is 2. The number of anilines is 2. The van der Waals surface area contributed by atoms with Gasteiger partial charge in [0.25, 0.3) is 0 Å². The Kier molecular flexibility index (Phi) is 12.3. The first-order valence-corrected chi connectivity index (χ1v) is 11.5. The van der Waals surface area contributed by atoms with Crippen molar-refractivity contribution in [3.63, 3.8) is 0 Å². The molecule has 8 heteroatoms. The second-order valence-corrected chi connectivity index (χ2v) is 7.49. The number of hydrogen-bond donors (Lipinski definition) is 2. The van der Waals surface area contributed by atoms with Gasteiger partial charge in [0.1, 0.15) is 23.2 Å². The summed E-state index contributed by atoms with van der Waals surface area (Å²) in [4.78, 5) is 10.9. The van der Waals surface area contributed by atoms with E-state index in [1.807, 2.05) is 39.8 Å². The van der Waals surface area contributed by atoms with Crippen molar-refractivity contribution in [1.82, 2.24) is 4.90 Å². The number of allylic oxidation sites excluding steroid dienone is 3. The van der Waals surface area contributed by atoms with Crippen LogP contribution in [0.5, 0.6) is 0 Å². The van der Waals surface area contributed by atoms with Gasteiger partial charge in [-0.3, -0.25) is 14.9 Å². The van der Waals surface area contributed by atoms with Crippen LogP contribution >= 0.6 is 11.9 Å². The summed E-state index contributed by atoms with van der Waals surface area (Å²) in [6.07, 6.45) is 4.59. The predicted octanol–water partition coefficient (Wildman–Crippen LogP) is 5.50. The van der Waals surface area contributed by atoms with Gasteiger partial charge >= 0.3 is 0 Å². The van der Waals surface area contributed by atoms with Crippen molar-refractivity contribution in [3.05, 3.63) is 47.4 Å². The Morgan fingerprint density at radius 3 is 2.52 bits per heavy atom. The maximum Gasteiger partial charge on any atom is 0.146 e. The molecule has 6 nitrogen and oxygen atoms in total. The van der Waals surface area contributed by atoms with E-state index in [4.69, 9.17) is 0 Å². The second-order valence-electron chi connectivity index (χ2n) is 6.59. The van der Waals surface area contributed by atoms with Crippen molar-refractivity contribution in [1.29, 1.82) is 5.26 Å². The summed E-state index contributed by atoms with van der Waals surface area (Å²) >= 11 is 1.57. The molecule has 0 saturated heterocycles. The average molecular weight is 445 g/mol. The molecule has 2 N–H and O–H groups in total. The lowest BCUT2D eigenvalue weighted by Crippen LogP contribution is -2.24. The summed E-state index contributed by atoms with van der Waals surface area (Å²) in [6.45, 7) is 9.04. The van der Waals surface area contributed by atoms with E-state index in [2.05, 4.69) is 33.0 Å². The van der Waals surface area contributed by atoms with E-state index in [0.29, 0.717) is 41.6 Å². The molecule has 0 bridgehead atoms. The van der Waals surface area contributed by atoms with Crippen LogP contribution in [0.2, 0.25) is 0 Å². The van der Waals surface area contributed by atoms with Gasteiger partial charge in [0, 0.05) is 18.0 Å². The third-order valence-electron chi connectivity index (χ3n) is 3.84. The fourth-order valence-electron chi connectivity index (χ4n) is 2.53. The van der Waals surface area contributed by atoms with Gasteiger partial charge in [-0.1, -0.05) is 32.7 Å². The average Bonchev–Trinajstić information content (AvgIpc) is 2.77. The first-order valence-electron chi connectivity index (χ1n) is 10.5. The molecule has 2 rings (SSSR count). The van der Waals surface area contributed by atoms with E-state index >= 15 is 0 Å². The minimum atomic E-state index is -0.394.